The Morgan fingerprint density at radius 1 is 1.18 bits per heavy atom. The van der Waals surface area contributed by atoms with Crippen molar-refractivity contribution in [2.75, 3.05) is 19.6 Å². The van der Waals surface area contributed by atoms with E-state index in [1.165, 1.54) is 25.9 Å². The number of hydrogen-bond donors (Lipinski definition) is 0. The molecule has 2 nitrogen and oxygen atoms in total. The molecule has 1 rings (SSSR count). The molecule has 0 aromatic rings. The van der Waals surface area contributed by atoms with Crippen LogP contribution in [0.25, 0.3) is 0 Å². The van der Waals surface area contributed by atoms with Crippen LogP contribution in [0.5, 0.6) is 0 Å². The molecule has 1 aliphatic heterocycles. The Morgan fingerprint density at radius 2 is 1.82 bits per heavy atom. The van der Waals surface area contributed by atoms with Gasteiger partial charge in [-0.05, 0) is 26.7 Å². The van der Waals surface area contributed by atoms with E-state index in [-0.39, 0.29) is 0 Å². The summed E-state index contributed by atoms with van der Waals surface area (Å²) in [6.07, 6.45) is 2.74. The summed E-state index contributed by atoms with van der Waals surface area (Å²) in [4.78, 5) is 0. The fraction of sp³-hybridized carbons (Fsp3) is 1.00. The molecular weight excluding hydrogens is 136 g/mol. The van der Waals surface area contributed by atoms with E-state index < -0.39 is 0 Å². The SMILES string of the molecule is CCN1CCCCN1C(C)C. The molecule has 1 heterocycles. The lowest BCUT2D eigenvalue weighted by molar-refractivity contribution is -0.0697. The zero-order valence-electron chi connectivity index (χ0n) is 8.01. The first-order chi connectivity index (χ1) is 5.25. The maximum atomic E-state index is 2.49. The number of nitrogens with zero attached hydrogens (tertiary/aromatic N) is 2. The van der Waals surface area contributed by atoms with Crippen LogP contribution < -0.4 is 0 Å². The van der Waals surface area contributed by atoms with E-state index in [0.29, 0.717) is 6.04 Å². The van der Waals surface area contributed by atoms with E-state index in [9.17, 15) is 0 Å². The van der Waals surface area contributed by atoms with Crippen molar-refractivity contribution in [3.8, 4) is 0 Å². The maximum Gasteiger partial charge on any atom is 0.0189 e. The van der Waals surface area contributed by atoms with Crippen LogP contribution in [0.15, 0.2) is 0 Å². The highest BCUT2D eigenvalue weighted by Gasteiger charge is 2.19. The quantitative estimate of drug-likeness (QED) is 0.600. The van der Waals surface area contributed by atoms with E-state index in [0.717, 1.165) is 6.54 Å². The summed E-state index contributed by atoms with van der Waals surface area (Å²) < 4.78 is 0. The van der Waals surface area contributed by atoms with Crippen molar-refractivity contribution in [1.29, 1.82) is 0 Å². The molecule has 66 valence electrons. The Balaban J connectivity index is 2.44. The van der Waals surface area contributed by atoms with Crippen LogP contribution in [0.4, 0.5) is 0 Å². The van der Waals surface area contributed by atoms with Crippen molar-refractivity contribution < 1.29 is 0 Å². The molecule has 1 fully saturated rings. The smallest absolute Gasteiger partial charge is 0.0189 e. The van der Waals surface area contributed by atoms with Crippen LogP contribution >= 0.6 is 0 Å². The summed E-state index contributed by atoms with van der Waals surface area (Å²) in [5.74, 6) is 0. The van der Waals surface area contributed by atoms with Crippen molar-refractivity contribution in [3.05, 3.63) is 0 Å². The molecule has 0 aromatic carbocycles. The molecule has 0 radical (unpaired) electrons. The molecule has 0 atom stereocenters. The predicted molar refractivity (Wildman–Crippen MR) is 48.3 cm³/mol. The third kappa shape index (κ3) is 2.17. The van der Waals surface area contributed by atoms with Crippen LogP contribution in [0.2, 0.25) is 0 Å². The lowest BCUT2D eigenvalue weighted by Gasteiger charge is -2.40. The maximum absolute atomic E-state index is 2.49. The number of hydrazine groups is 1. The summed E-state index contributed by atoms with van der Waals surface area (Å²) in [5, 5.41) is 4.96. The summed E-state index contributed by atoms with van der Waals surface area (Å²) >= 11 is 0. The first-order valence-corrected chi connectivity index (χ1v) is 4.77. The van der Waals surface area contributed by atoms with E-state index >= 15 is 0 Å². The third-order valence-electron chi connectivity index (χ3n) is 2.38. The topological polar surface area (TPSA) is 6.48 Å². The van der Waals surface area contributed by atoms with Gasteiger partial charge >= 0.3 is 0 Å². The van der Waals surface area contributed by atoms with Crippen molar-refractivity contribution in [1.82, 2.24) is 10.0 Å². The fourth-order valence-electron chi connectivity index (χ4n) is 1.76. The first kappa shape index (κ1) is 9.01. The van der Waals surface area contributed by atoms with Gasteiger partial charge in [-0.15, -0.1) is 0 Å². The van der Waals surface area contributed by atoms with Gasteiger partial charge in [0.25, 0.3) is 0 Å². The monoisotopic (exact) mass is 156 g/mol. The highest BCUT2D eigenvalue weighted by molar-refractivity contribution is 4.67. The van der Waals surface area contributed by atoms with Crippen LogP contribution in [0.3, 0.4) is 0 Å². The molecule has 0 aromatic heterocycles. The molecule has 0 bridgehead atoms. The van der Waals surface area contributed by atoms with Crippen LogP contribution in [-0.4, -0.2) is 35.7 Å². The van der Waals surface area contributed by atoms with Crippen molar-refractivity contribution >= 4 is 0 Å². The Morgan fingerprint density at radius 3 is 2.27 bits per heavy atom. The highest BCUT2D eigenvalue weighted by Crippen LogP contribution is 2.12. The lowest BCUT2D eigenvalue weighted by Crippen LogP contribution is -2.50. The van der Waals surface area contributed by atoms with Gasteiger partial charge in [0.2, 0.25) is 0 Å². The molecule has 0 saturated carbocycles. The zero-order chi connectivity index (χ0) is 8.27. The minimum atomic E-state index is 0.676. The first-order valence-electron chi connectivity index (χ1n) is 4.77. The van der Waals surface area contributed by atoms with Gasteiger partial charge in [0, 0.05) is 25.7 Å². The minimum absolute atomic E-state index is 0.676. The predicted octanol–water partition coefficient (Wildman–Crippen LogP) is 1.73. The number of hydrogen-bond acceptors (Lipinski definition) is 2. The van der Waals surface area contributed by atoms with Crippen molar-refractivity contribution in [3.63, 3.8) is 0 Å². The normalized spacial score (nSPS) is 22.9. The van der Waals surface area contributed by atoms with Gasteiger partial charge in [0.05, 0.1) is 0 Å². The van der Waals surface area contributed by atoms with Gasteiger partial charge < -0.3 is 0 Å². The molecule has 1 saturated heterocycles. The van der Waals surface area contributed by atoms with Crippen LogP contribution in [0.1, 0.15) is 33.6 Å². The summed E-state index contributed by atoms with van der Waals surface area (Å²) in [6, 6.07) is 0.676. The molecule has 11 heavy (non-hydrogen) atoms. The highest BCUT2D eigenvalue weighted by atomic mass is 15.6. The molecule has 0 N–H and O–H groups in total. The molecule has 0 spiro atoms. The molecule has 0 unspecified atom stereocenters. The van der Waals surface area contributed by atoms with E-state index in [4.69, 9.17) is 0 Å². The van der Waals surface area contributed by atoms with Crippen LogP contribution in [-0.2, 0) is 0 Å². The van der Waals surface area contributed by atoms with Crippen molar-refractivity contribution in [2.24, 2.45) is 0 Å². The number of rotatable bonds is 2. The van der Waals surface area contributed by atoms with Crippen molar-refractivity contribution in [2.45, 2.75) is 39.7 Å². The van der Waals surface area contributed by atoms with Crippen LogP contribution in [0, 0.1) is 0 Å². The Labute approximate surface area is 70.1 Å². The Bertz CT molecular complexity index is 112. The molecule has 2 heteroatoms. The standard InChI is InChI=1S/C9H20N2/c1-4-10-7-5-6-8-11(10)9(2)3/h9H,4-8H2,1-3H3. The van der Waals surface area contributed by atoms with Gasteiger partial charge in [-0.3, -0.25) is 0 Å². The fourth-order valence-corrected chi connectivity index (χ4v) is 1.76. The van der Waals surface area contributed by atoms with E-state index in [2.05, 4.69) is 30.8 Å². The van der Waals surface area contributed by atoms with E-state index in [1.54, 1.807) is 0 Å². The third-order valence-corrected chi connectivity index (χ3v) is 2.38. The summed E-state index contributed by atoms with van der Waals surface area (Å²) in [5.41, 5.74) is 0. The molecule has 0 amide bonds. The summed E-state index contributed by atoms with van der Waals surface area (Å²) in [7, 11) is 0. The lowest BCUT2D eigenvalue weighted by atomic mass is 10.2. The average molecular weight is 156 g/mol. The van der Waals surface area contributed by atoms with Gasteiger partial charge in [0.15, 0.2) is 0 Å². The minimum Gasteiger partial charge on any atom is -0.242 e. The molecule has 0 aliphatic carbocycles. The van der Waals surface area contributed by atoms with Gasteiger partial charge in [-0.25, -0.2) is 10.0 Å². The summed E-state index contributed by atoms with van der Waals surface area (Å²) in [6.45, 7) is 10.5. The van der Waals surface area contributed by atoms with Gasteiger partial charge in [-0.1, -0.05) is 6.92 Å². The van der Waals surface area contributed by atoms with Gasteiger partial charge in [0.1, 0.15) is 0 Å². The molecule has 1 aliphatic rings. The zero-order valence-corrected chi connectivity index (χ0v) is 8.01. The largest absolute Gasteiger partial charge is 0.242 e. The van der Waals surface area contributed by atoms with Gasteiger partial charge in [-0.2, -0.15) is 0 Å². The second-order valence-corrected chi connectivity index (χ2v) is 3.51. The second-order valence-electron chi connectivity index (χ2n) is 3.51. The Hall–Kier alpha value is -0.0800. The molecular formula is C9H20N2. The van der Waals surface area contributed by atoms with E-state index in [1.807, 2.05) is 0 Å². The average Bonchev–Trinajstić information content (AvgIpc) is 2.04. The second kappa shape index (κ2) is 4.07. The Kier molecular flexibility index (Phi) is 3.34.